The van der Waals surface area contributed by atoms with Crippen molar-refractivity contribution >= 4 is 35.5 Å². The molecule has 0 aliphatic carbocycles. The van der Waals surface area contributed by atoms with E-state index < -0.39 is 17.8 Å². The minimum absolute atomic E-state index is 0.118. The second-order valence-corrected chi connectivity index (χ2v) is 5.12. The van der Waals surface area contributed by atoms with E-state index in [1.165, 1.54) is 20.2 Å². The molecule has 116 valence electrons. The number of hydrogen-bond donors (Lipinski definition) is 0. The molecule has 1 aliphatic heterocycles. The summed E-state index contributed by atoms with van der Waals surface area (Å²) >= 11 is 5.96. The third-order valence-corrected chi connectivity index (χ3v) is 3.45. The number of imide groups is 2. The van der Waals surface area contributed by atoms with Gasteiger partial charge in [-0.1, -0.05) is 11.6 Å². The third kappa shape index (κ3) is 2.82. The first kappa shape index (κ1) is 16.0. The van der Waals surface area contributed by atoms with E-state index in [9.17, 15) is 14.4 Å². The Morgan fingerprint density at radius 1 is 1.14 bits per heavy atom. The molecule has 0 aromatic heterocycles. The molecule has 4 amide bonds. The van der Waals surface area contributed by atoms with Gasteiger partial charge in [-0.2, -0.15) is 0 Å². The number of nitrogens with zero attached hydrogens (tertiary/aromatic N) is 2. The molecule has 1 saturated heterocycles. The molecule has 1 fully saturated rings. The zero-order valence-electron chi connectivity index (χ0n) is 12.4. The lowest BCUT2D eigenvalue weighted by atomic mass is 10.1. The van der Waals surface area contributed by atoms with Crippen LogP contribution in [0.2, 0.25) is 5.02 Å². The Bertz CT molecular complexity index is 658. The minimum atomic E-state index is -0.664. The van der Waals surface area contributed by atoms with Gasteiger partial charge in [0.1, 0.15) is 11.3 Å². The van der Waals surface area contributed by atoms with Crippen LogP contribution in [0.15, 0.2) is 23.8 Å². The molecule has 0 N–H and O–H groups in total. The van der Waals surface area contributed by atoms with E-state index in [-0.39, 0.29) is 5.57 Å². The summed E-state index contributed by atoms with van der Waals surface area (Å²) in [6.45, 7) is 2.25. The quantitative estimate of drug-likeness (QED) is 0.632. The summed E-state index contributed by atoms with van der Waals surface area (Å²) in [6.07, 6.45) is 1.39. The standard InChI is InChI=1S/C15H15ClN2O4/c1-4-22-12-6-5-10(16)7-9(12)8-11-13(19)17(2)15(21)18(3)14(11)20/h5-8H,4H2,1-3H3. The molecule has 2 rings (SSSR count). The third-order valence-electron chi connectivity index (χ3n) is 3.22. The van der Waals surface area contributed by atoms with E-state index in [0.717, 1.165) is 9.80 Å². The van der Waals surface area contributed by atoms with E-state index in [0.29, 0.717) is 22.9 Å². The van der Waals surface area contributed by atoms with E-state index in [2.05, 4.69) is 0 Å². The summed E-state index contributed by atoms with van der Waals surface area (Å²) < 4.78 is 5.46. The highest BCUT2D eigenvalue weighted by Gasteiger charge is 2.37. The lowest BCUT2D eigenvalue weighted by molar-refractivity contribution is -0.134. The lowest BCUT2D eigenvalue weighted by Gasteiger charge is -2.29. The number of likely N-dealkylation sites (N-methyl/N-ethyl adjacent to an activating group) is 2. The van der Waals surface area contributed by atoms with Gasteiger partial charge in [0.2, 0.25) is 0 Å². The molecular weight excluding hydrogens is 308 g/mol. The number of hydrogen-bond acceptors (Lipinski definition) is 4. The van der Waals surface area contributed by atoms with Crippen LogP contribution in [0.4, 0.5) is 4.79 Å². The molecule has 1 aliphatic rings. The maximum absolute atomic E-state index is 12.2. The Kier molecular flexibility index (Phi) is 4.51. The summed E-state index contributed by atoms with van der Waals surface area (Å²) in [4.78, 5) is 37.8. The second-order valence-electron chi connectivity index (χ2n) is 4.68. The van der Waals surface area contributed by atoms with Crippen LogP contribution in [0.25, 0.3) is 6.08 Å². The summed E-state index contributed by atoms with van der Waals surface area (Å²) in [5.41, 5.74) is 0.384. The monoisotopic (exact) mass is 322 g/mol. The first-order chi connectivity index (χ1) is 10.4. The van der Waals surface area contributed by atoms with Crippen LogP contribution in [0.1, 0.15) is 12.5 Å². The molecule has 0 saturated carbocycles. The zero-order valence-corrected chi connectivity index (χ0v) is 13.2. The van der Waals surface area contributed by atoms with Gasteiger partial charge >= 0.3 is 6.03 Å². The van der Waals surface area contributed by atoms with Gasteiger partial charge in [-0.3, -0.25) is 19.4 Å². The average Bonchev–Trinajstić information content (AvgIpc) is 2.50. The van der Waals surface area contributed by atoms with Crippen LogP contribution in [-0.4, -0.2) is 48.3 Å². The number of barbiturate groups is 1. The maximum atomic E-state index is 12.2. The van der Waals surface area contributed by atoms with Gasteiger partial charge in [0.15, 0.2) is 0 Å². The maximum Gasteiger partial charge on any atom is 0.333 e. The van der Waals surface area contributed by atoms with Crippen LogP contribution >= 0.6 is 11.6 Å². The molecule has 1 heterocycles. The van der Waals surface area contributed by atoms with Crippen molar-refractivity contribution in [2.24, 2.45) is 0 Å². The van der Waals surface area contributed by atoms with Crippen molar-refractivity contribution in [1.82, 2.24) is 9.80 Å². The zero-order chi connectivity index (χ0) is 16.4. The number of carbonyl (C=O) groups excluding carboxylic acids is 3. The van der Waals surface area contributed by atoms with Crippen molar-refractivity contribution in [2.45, 2.75) is 6.92 Å². The molecule has 6 nitrogen and oxygen atoms in total. The van der Waals surface area contributed by atoms with Crippen molar-refractivity contribution in [3.05, 3.63) is 34.4 Å². The van der Waals surface area contributed by atoms with Gasteiger partial charge in [0.05, 0.1) is 6.61 Å². The van der Waals surface area contributed by atoms with Crippen molar-refractivity contribution in [2.75, 3.05) is 20.7 Å². The van der Waals surface area contributed by atoms with Crippen LogP contribution in [0.3, 0.4) is 0 Å². The fourth-order valence-corrected chi connectivity index (χ4v) is 2.23. The summed E-state index contributed by atoms with van der Waals surface area (Å²) in [5.74, 6) is -0.812. The molecular formula is C15H15ClN2O4. The van der Waals surface area contributed by atoms with Crippen molar-refractivity contribution < 1.29 is 19.1 Å². The molecule has 0 bridgehead atoms. The van der Waals surface area contributed by atoms with Gasteiger partial charge in [-0.15, -0.1) is 0 Å². The molecule has 0 atom stereocenters. The number of benzene rings is 1. The Balaban J connectivity index is 2.52. The molecule has 7 heteroatoms. The van der Waals surface area contributed by atoms with Crippen LogP contribution < -0.4 is 4.74 Å². The number of halogens is 1. The molecule has 0 radical (unpaired) electrons. The van der Waals surface area contributed by atoms with E-state index in [1.807, 2.05) is 6.92 Å². The van der Waals surface area contributed by atoms with Gasteiger partial charge < -0.3 is 4.74 Å². The number of urea groups is 1. The lowest BCUT2D eigenvalue weighted by Crippen LogP contribution is -2.52. The van der Waals surface area contributed by atoms with Gasteiger partial charge in [-0.05, 0) is 31.2 Å². The normalized spacial score (nSPS) is 15.5. The first-order valence-corrected chi connectivity index (χ1v) is 6.98. The average molecular weight is 323 g/mol. The SMILES string of the molecule is CCOc1ccc(Cl)cc1C=C1C(=O)N(C)C(=O)N(C)C1=O. The smallest absolute Gasteiger partial charge is 0.333 e. The Hall–Kier alpha value is -2.34. The van der Waals surface area contributed by atoms with Crippen molar-refractivity contribution in [3.8, 4) is 5.75 Å². The van der Waals surface area contributed by atoms with Gasteiger partial charge in [0, 0.05) is 24.7 Å². The molecule has 22 heavy (non-hydrogen) atoms. The van der Waals surface area contributed by atoms with Gasteiger partial charge in [-0.25, -0.2) is 4.79 Å². The summed E-state index contributed by atoms with van der Waals surface area (Å²) in [7, 11) is 2.64. The Labute approximate surface area is 132 Å². The largest absolute Gasteiger partial charge is 0.493 e. The highest BCUT2D eigenvalue weighted by atomic mass is 35.5. The van der Waals surface area contributed by atoms with E-state index in [1.54, 1.807) is 18.2 Å². The molecule has 1 aromatic rings. The van der Waals surface area contributed by atoms with Crippen LogP contribution in [0, 0.1) is 0 Å². The Morgan fingerprint density at radius 3 is 2.27 bits per heavy atom. The molecule has 1 aromatic carbocycles. The van der Waals surface area contributed by atoms with Crippen molar-refractivity contribution in [3.63, 3.8) is 0 Å². The highest BCUT2D eigenvalue weighted by molar-refractivity contribution is 6.32. The fraction of sp³-hybridized carbons (Fsp3) is 0.267. The Morgan fingerprint density at radius 2 is 1.73 bits per heavy atom. The van der Waals surface area contributed by atoms with E-state index in [4.69, 9.17) is 16.3 Å². The first-order valence-electron chi connectivity index (χ1n) is 6.61. The van der Waals surface area contributed by atoms with Crippen LogP contribution in [-0.2, 0) is 9.59 Å². The van der Waals surface area contributed by atoms with E-state index >= 15 is 0 Å². The summed E-state index contributed by atoms with van der Waals surface area (Å²) in [5, 5.41) is 0.448. The van der Waals surface area contributed by atoms with Crippen LogP contribution in [0.5, 0.6) is 5.75 Å². The highest BCUT2D eigenvalue weighted by Crippen LogP contribution is 2.27. The second kappa shape index (κ2) is 6.19. The molecule has 0 unspecified atom stereocenters. The number of carbonyl (C=O) groups is 3. The topological polar surface area (TPSA) is 66.9 Å². The van der Waals surface area contributed by atoms with Crippen molar-refractivity contribution in [1.29, 1.82) is 0 Å². The molecule has 0 spiro atoms. The summed E-state index contributed by atoms with van der Waals surface area (Å²) in [6, 6.07) is 4.25. The number of ether oxygens (including phenoxy) is 1. The number of amides is 4. The van der Waals surface area contributed by atoms with Gasteiger partial charge in [0.25, 0.3) is 11.8 Å². The number of rotatable bonds is 3. The minimum Gasteiger partial charge on any atom is -0.493 e. The fourth-order valence-electron chi connectivity index (χ4n) is 2.05. The predicted octanol–water partition coefficient (Wildman–Crippen LogP) is 2.17. The predicted molar refractivity (Wildman–Crippen MR) is 81.5 cm³/mol.